The average molecular weight is 167 g/mol. The van der Waals surface area contributed by atoms with Crippen molar-refractivity contribution in [3.63, 3.8) is 0 Å². The van der Waals surface area contributed by atoms with Crippen LogP contribution >= 0.6 is 0 Å². The quantitative estimate of drug-likeness (QED) is 0.645. The first-order valence-electron chi connectivity index (χ1n) is 3.52. The third kappa shape index (κ3) is 1.89. The Bertz CT molecular complexity index is 267. The zero-order valence-electron chi connectivity index (χ0n) is 7.07. The smallest absolute Gasteiger partial charge is 0.504 e. The molecule has 0 unspecified atom stereocenters. The molecule has 0 fully saturated rings. The van der Waals surface area contributed by atoms with Crippen LogP contribution in [0.2, 0.25) is 0 Å². The van der Waals surface area contributed by atoms with Crippen molar-refractivity contribution < 1.29 is 14.4 Å². The van der Waals surface area contributed by atoms with Crippen LogP contribution in [0.1, 0.15) is 5.69 Å². The fourth-order valence-electron chi connectivity index (χ4n) is 0.822. The lowest BCUT2D eigenvalue weighted by molar-refractivity contribution is 0.405. The molecule has 0 atom stereocenters. The molecule has 1 N–H and O–H groups in total. The van der Waals surface area contributed by atoms with Gasteiger partial charge in [0.2, 0.25) is 0 Å². The number of aromatic nitrogens is 1. The molecule has 1 aromatic rings. The summed E-state index contributed by atoms with van der Waals surface area (Å²) in [4.78, 5) is 4.01. The van der Waals surface area contributed by atoms with Gasteiger partial charge in [0.05, 0.1) is 19.0 Å². The van der Waals surface area contributed by atoms with Gasteiger partial charge < -0.3 is 14.4 Å². The van der Waals surface area contributed by atoms with E-state index in [9.17, 15) is 0 Å². The fraction of sp³-hybridized carbons (Fsp3) is 0.286. The van der Waals surface area contributed by atoms with Crippen LogP contribution in [0.15, 0.2) is 12.3 Å². The maximum absolute atomic E-state index is 8.52. The molecule has 64 valence electrons. The van der Waals surface area contributed by atoms with Gasteiger partial charge in [0.25, 0.3) is 0 Å². The van der Waals surface area contributed by atoms with E-state index in [1.807, 2.05) is 0 Å². The Morgan fingerprint density at radius 2 is 2.33 bits per heavy atom. The van der Waals surface area contributed by atoms with Crippen LogP contribution in [0.5, 0.6) is 11.5 Å². The molecule has 0 amide bonds. The standard InChI is InChI=1S/C7H10BNO3/c1-5-7(12-8-10)3-6(11-2)4-9-5/h3-4,8,10H,1-2H3. The summed E-state index contributed by atoms with van der Waals surface area (Å²) in [6.45, 7) is 1.80. The van der Waals surface area contributed by atoms with Crippen molar-refractivity contribution >= 4 is 7.69 Å². The second-order valence-corrected chi connectivity index (χ2v) is 2.23. The van der Waals surface area contributed by atoms with Crippen LogP contribution in [-0.4, -0.2) is 24.8 Å². The van der Waals surface area contributed by atoms with Crippen molar-refractivity contribution in [2.75, 3.05) is 7.11 Å². The molecular weight excluding hydrogens is 157 g/mol. The highest BCUT2D eigenvalue weighted by molar-refractivity contribution is 6.17. The average Bonchev–Trinajstić information content (AvgIpc) is 2.09. The topological polar surface area (TPSA) is 51.6 Å². The Morgan fingerprint density at radius 1 is 1.58 bits per heavy atom. The second-order valence-electron chi connectivity index (χ2n) is 2.23. The van der Waals surface area contributed by atoms with Crippen molar-refractivity contribution in [2.24, 2.45) is 0 Å². The highest BCUT2D eigenvalue weighted by atomic mass is 16.5. The summed E-state index contributed by atoms with van der Waals surface area (Å²) in [7, 11) is 1.20. The van der Waals surface area contributed by atoms with Gasteiger partial charge in [-0.25, -0.2) is 0 Å². The summed E-state index contributed by atoms with van der Waals surface area (Å²) in [5.74, 6) is 1.15. The number of methoxy groups -OCH3 is 1. The number of hydrogen-bond acceptors (Lipinski definition) is 4. The summed E-state index contributed by atoms with van der Waals surface area (Å²) in [6.07, 6.45) is 1.60. The summed E-state index contributed by atoms with van der Waals surface area (Å²) < 4.78 is 9.82. The van der Waals surface area contributed by atoms with E-state index in [-0.39, 0.29) is 7.69 Å². The van der Waals surface area contributed by atoms with Crippen molar-refractivity contribution in [1.82, 2.24) is 4.98 Å². The molecule has 1 aromatic heterocycles. The minimum atomic E-state index is -0.352. The number of ether oxygens (including phenoxy) is 1. The van der Waals surface area contributed by atoms with Crippen LogP contribution in [0.4, 0.5) is 0 Å². The molecule has 0 aromatic carbocycles. The Hall–Kier alpha value is -1.23. The first kappa shape index (κ1) is 8.87. The van der Waals surface area contributed by atoms with Crippen LogP contribution in [0.3, 0.4) is 0 Å². The van der Waals surface area contributed by atoms with E-state index in [1.54, 1.807) is 26.3 Å². The third-order valence-electron chi connectivity index (χ3n) is 1.47. The molecule has 4 nitrogen and oxygen atoms in total. The van der Waals surface area contributed by atoms with E-state index in [4.69, 9.17) is 14.4 Å². The minimum absolute atomic E-state index is 0.352. The highest BCUT2D eigenvalue weighted by Crippen LogP contribution is 2.20. The van der Waals surface area contributed by atoms with Crippen LogP contribution in [-0.2, 0) is 0 Å². The zero-order chi connectivity index (χ0) is 8.97. The Kier molecular flexibility index (Phi) is 2.93. The third-order valence-corrected chi connectivity index (χ3v) is 1.47. The maximum atomic E-state index is 8.52. The molecule has 0 saturated heterocycles. The van der Waals surface area contributed by atoms with Gasteiger partial charge in [-0.1, -0.05) is 0 Å². The monoisotopic (exact) mass is 167 g/mol. The van der Waals surface area contributed by atoms with Crippen LogP contribution in [0, 0.1) is 6.92 Å². The van der Waals surface area contributed by atoms with Crippen LogP contribution < -0.4 is 9.39 Å². The SMILES string of the molecule is COc1cnc(C)c(OBO)c1. The summed E-state index contributed by atoms with van der Waals surface area (Å²) >= 11 is 0. The molecular formula is C7H10BNO3. The Balaban J connectivity index is 2.91. The van der Waals surface area contributed by atoms with E-state index in [1.165, 1.54) is 0 Å². The van der Waals surface area contributed by atoms with Gasteiger partial charge in [-0.15, -0.1) is 0 Å². The first-order chi connectivity index (χ1) is 5.77. The van der Waals surface area contributed by atoms with Gasteiger partial charge in [0.15, 0.2) is 0 Å². The van der Waals surface area contributed by atoms with E-state index in [0.29, 0.717) is 11.5 Å². The molecule has 0 aliphatic carbocycles. The zero-order valence-corrected chi connectivity index (χ0v) is 7.07. The molecule has 0 radical (unpaired) electrons. The molecule has 5 heteroatoms. The number of rotatable bonds is 3. The second kappa shape index (κ2) is 3.97. The molecule has 0 saturated carbocycles. The molecule has 0 bridgehead atoms. The minimum Gasteiger partial charge on any atom is -0.537 e. The van der Waals surface area contributed by atoms with Gasteiger partial charge in [-0.2, -0.15) is 0 Å². The van der Waals surface area contributed by atoms with Crippen molar-refractivity contribution in [2.45, 2.75) is 6.92 Å². The Labute approximate surface area is 71.5 Å². The number of pyridine rings is 1. The molecule has 1 heterocycles. The van der Waals surface area contributed by atoms with E-state index in [2.05, 4.69) is 4.98 Å². The Morgan fingerprint density at radius 3 is 2.92 bits per heavy atom. The molecule has 0 aliphatic heterocycles. The summed E-state index contributed by atoms with van der Waals surface area (Å²) in [6, 6.07) is 1.68. The van der Waals surface area contributed by atoms with Gasteiger partial charge in [0.1, 0.15) is 11.5 Å². The van der Waals surface area contributed by atoms with Crippen molar-refractivity contribution in [1.29, 1.82) is 0 Å². The molecule has 0 aliphatic rings. The van der Waals surface area contributed by atoms with E-state index >= 15 is 0 Å². The predicted molar refractivity (Wildman–Crippen MR) is 45.5 cm³/mol. The lowest BCUT2D eigenvalue weighted by Gasteiger charge is -2.06. The highest BCUT2D eigenvalue weighted by Gasteiger charge is 2.02. The fourth-order valence-corrected chi connectivity index (χ4v) is 0.822. The van der Waals surface area contributed by atoms with Crippen molar-refractivity contribution in [3.05, 3.63) is 18.0 Å². The predicted octanol–water partition coefficient (Wildman–Crippen LogP) is 0.0362. The van der Waals surface area contributed by atoms with Crippen LogP contribution in [0.25, 0.3) is 0 Å². The lowest BCUT2D eigenvalue weighted by atomic mass is 10.3. The number of aryl methyl sites for hydroxylation is 1. The van der Waals surface area contributed by atoms with E-state index in [0.717, 1.165) is 5.69 Å². The summed E-state index contributed by atoms with van der Waals surface area (Å²) in [5.41, 5.74) is 0.727. The first-order valence-corrected chi connectivity index (χ1v) is 3.52. The normalized spacial score (nSPS) is 9.25. The van der Waals surface area contributed by atoms with Crippen molar-refractivity contribution in [3.8, 4) is 11.5 Å². The van der Waals surface area contributed by atoms with Gasteiger partial charge in [-0.05, 0) is 6.92 Å². The maximum Gasteiger partial charge on any atom is 0.504 e. The largest absolute Gasteiger partial charge is 0.537 e. The molecule has 12 heavy (non-hydrogen) atoms. The number of nitrogens with zero attached hydrogens (tertiary/aromatic N) is 1. The van der Waals surface area contributed by atoms with E-state index < -0.39 is 0 Å². The van der Waals surface area contributed by atoms with Gasteiger partial charge in [0, 0.05) is 6.07 Å². The number of hydrogen-bond donors (Lipinski definition) is 1. The summed E-state index contributed by atoms with van der Waals surface area (Å²) in [5, 5.41) is 8.52. The lowest BCUT2D eigenvalue weighted by Crippen LogP contribution is -2.02. The molecule has 1 rings (SSSR count). The molecule has 0 spiro atoms. The van der Waals surface area contributed by atoms with Gasteiger partial charge in [-0.3, -0.25) is 4.98 Å². The van der Waals surface area contributed by atoms with Gasteiger partial charge >= 0.3 is 7.69 Å².